The summed E-state index contributed by atoms with van der Waals surface area (Å²) in [7, 11) is 0. The predicted molar refractivity (Wildman–Crippen MR) is 114 cm³/mol. The third kappa shape index (κ3) is 3.25. The van der Waals surface area contributed by atoms with Crippen LogP contribution in [0.2, 0.25) is 0 Å². The lowest BCUT2D eigenvalue weighted by Gasteiger charge is -2.34. The first kappa shape index (κ1) is 19.1. The molecule has 3 heterocycles. The number of nitrogens with zero attached hydrogens (tertiary/aromatic N) is 4. The van der Waals surface area contributed by atoms with Crippen molar-refractivity contribution in [3.05, 3.63) is 18.5 Å². The summed E-state index contributed by atoms with van der Waals surface area (Å²) in [6.45, 7) is 14.9. The lowest BCUT2D eigenvalue weighted by molar-refractivity contribution is 0.139. The minimum Gasteiger partial charge on any atom is -0.303 e. The summed E-state index contributed by atoms with van der Waals surface area (Å²) in [5.74, 6) is 2.83. The van der Waals surface area contributed by atoms with Gasteiger partial charge in [-0.25, -0.2) is 0 Å². The van der Waals surface area contributed by atoms with Crippen molar-refractivity contribution in [3.63, 3.8) is 0 Å². The van der Waals surface area contributed by atoms with E-state index in [0.717, 1.165) is 29.8 Å². The molecule has 1 spiro atoms. The van der Waals surface area contributed by atoms with Crippen molar-refractivity contribution < 1.29 is 0 Å². The molecule has 28 heavy (non-hydrogen) atoms. The summed E-state index contributed by atoms with van der Waals surface area (Å²) >= 11 is 0. The number of piperidine rings is 2. The highest BCUT2D eigenvalue weighted by Crippen LogP contribution is 2.61. The van der Waals surface area contributed by atoms with E-state index in [1.807, 2.05) is 6.20 Å². The van der Waals surface area contributed by atoms with E-state index in [1.165, 1.54) is 64.7 Å². The topological polar surface area (TPSA) is 24.3 Å². The Kier molecular flexibility index (Phi) is 4.67. The summed E-state index contributed by atoms with van der Waals surface area (Å²) in [5.41, 5.74) is 0.840. The number of likely N-dealkylation sites (tertiary alicyclic amines) is 2. The quantitative estimate of drug-likeness (QED) is 0.703. The molecule has 2 saturated carbocycles. The second kappa shape index (κ2) is 6.84. The number of hydrogen-bond donors (Lipinski definition) is 0. The van der Waals surface area contributed by atoms with E-state index < -0.39 is 0 Å². The highest BCUT2D eigenvalue weighted by Gasteiger charge is 2.60. The monoisotopic (exact) mass is 384 g/mol. The third-order valence-corrected chi connectivity index (χ3v) is 8.94. The Morgan fingerprint density at radius 2 is 2.14 bits per heavy atom. The number of hydrogen-bond acceptors (Lipinski definition) is 3. The van der Waals surface area contributed by atoms with Gasteiger partial charge in [0.05, 0.1) is 5.54 Å². The molecular formula is C24H40N4. The van der Waals surface area contributed by atoms with E-state index in [4.69, 9.17) is 0 Å². The normalized spacial score (nSPS) is 39.3. The van der Waals surface area contributed by atoms with Crippen LogP contribution in [0.25, 0.3) is 0 Å². The van der Waals surface area contributed by atoms with Gasteiger partial charge in [-0.2, -0.15) is 5.10 Å². The first-order chi connectivity index (χ1) is 13.4. The Labute approximate surface area is 171 Å². The zero-order chi connectivity index (χ0) is 19.5. The minimum atomic E-state index is 0.139. The van der Waals surface area contributed by atoms with E-state index in [0.29, 0.717) is 5.41 Å². The van der Waals surface area contributed by atoms with Gasteiger partial charge in [-0.05, 0) is 108 Å². The van der Waals surface area contributed by atoms with Crippen LogP contribution in [0.1, 0.15) is 66.2 Å². The average molecular weight is 385 g/mol. The highest BCUT2D eigenvalue weighted by atomic mass is 15.3. The highest BCUT2D eigenvalue weighted by molar-refractivity contribution is 5.13. The van der Waals surface area contributed by atoms with Crippen molar-refractivity contribution in [3.8, 4) is 0 Å². The molecule has 4 nitrogen and oxygen atoms in total. The Morgan fingerprint density at radius 3 is 2.89 bits per heavy atom. The van der Waals surface area contributed by atoms with Crippen LogP contribution < -0.4 is 0 Å². The molecule has 5 rings (SSSR count). The van der Waals surface area contributed by atoms with Crippen LogP contribution in [0.15, 0.2) is 18.5 Å². The first-order valence-electron chi connectivity index (χ1n) is 11.9. The van der Waals surface area contributed by atoms with E-state index in [1.54, 1.807) is 0 Å². The van der Waals surface area contributed by atoms with Crippen LogP contribution in [-0.4, -0.2) is 57.8 Å². The second-order valence-electron chi connectivity index (χ2n) is 11.1. The molecule has 6 atom stereocenters. The second-order valence-corrected chi connectivity index (χ2v) is 11.1. The standard InChI is InChI=1S/C24H40N4/c1-5-26-11-6-9-24(17-26)15-19(24)14-18(2)27-13-8-20-21(22(20)27)16-23(3,4)28-12-7-10-25-28/h7,10,12,18-22H,5-6,8-9,11,13-17H2,1-4H3. The molecule has 1 aromatic heterocycles. The third-order valence-electron chi connectivity index (χ3n) is 8.94. The van der Waals surface area contributed by atoms with Gasteiger partial charge in [0.2, 0.25) is 0 Å². The Bertz CT molecular complexity index is 683. The maximum absolute atomic E-state index is 4.52. The maximum Gasteiger partial charge on any atom is 0.0574 e. The van der Waals surface area contributed by atoms with E-state index in [9.17, 15) is 0 Å². The molecule has 2 aliphatic heterocycles. The summed E-state index contributed by atoms with van der Waals surface area (Å²) in [4.78, 5) is 5.61. The fourth-order valence-corrected chi connectivity index (χ4v) is 7.17. The molecule has 4 heteroatoms. The predicted octanol–water partition coefficient (Wildman–Crippen LogP) is 4.23. The van der Waals surface area contributed by atoms with E-state index in [-0.39, 0.29) is 5.54 Å². The van der Waals surface area contributed by atoms with Crippen molar-refractivity contribution in [2.45, 2.75) is 83.8 Å². The largest absolute Gasteiger partial charge is 0.303 e. The molecule has 6 unspecified atom stereocenters. The van der Waals surface area contributed by atoms with Crippen molar-refractivity contribution in [1.29, 1.82) is 0 Å². The smallest absolute Gasteiger partial charge is 0.0574 e. The van der Waals surface area contributed by atoms with Crippen molar-refractivity contribution in [2.75, 3.05) is 26.2 Å². The van der Waals surface area contributed by atoms with Crippen LogP contribution in [-0.2, 0) is 5.54 Å². The van der Waals surface area contributed by atoms with Crippen LogP contribution in [0.3, 0.4) is 0 Å². The molecule has 156 valence electrons. The Morgan fingerprint density at radius 1 is 1.29 bits per heavy atom. The Balaban J connectivity index is 1.16. The van der Waals surface area contributed by atoms with Crippen LogP contribution in [0.4, 0.5) is 0 Å². The van der Waals surface area contributed by atoms with Gasteiger partial charge in [0.1, 0.15) is 0 Å². The number of aromatic nitrogens is 2. The van der Waals surface area contributed by atoms with Crippen molar-refractivity contribution in [1.82, 2.24) is 19.6 Å². The zero-order valence-electron chi connectivity index (χ0n) is 18.5. The van der Waals surface area contributed by atoms with Gasteiger partial charge in [0.25, 0.3) is 0 Å². The molecule has 0 radical (unpaired) electrons. The minimum absolute atomic E-state index is 0.139. The average Bonchev–Trinajstić information content (AvgIpc) is 3.30. The van der Waals surface area contributed by atoms with Crippen LogP contribution >= 0.6 is 0 Å². The molecular weight excluding hydrogens is 344 g/mol. The molecule has 0 amide bonds. The molecule has 4 aliphatic rings. The van der Waals surface area contributed by atoms with Gasteiger partial charge < -0.3 is 4.90 Å². The van der Waals surface area contributed by atoms with Gasteiger partial charge in [-0.3, -0.25) is 9.58 Å². The van der Waals surface area contributed by atoms with Gasteiger partial charge in [-0.15, -0.1) is 0 Å². The van der Waals surface area contributed by atoms with Gasteiger partial charge in [0.15, 0.2) is 0 Å². The van der Waals surface area contributed by atoms with Crippen molar-refractivity contribution >= 4 is 0 Å². The van der Waals surface area contributed by atoms with Gasteiger partial charge in [-0.1, -0.05) is 6.92 Å². The SMILES string of the molecule is CCN1CCCC2(CC2CC(C)N2CCC3C(CC(C)(C)n4cccn4)C32)C1. The molecule has 4 fully saturated rings. The zero-order valence-corrected chi connectivity index (χ0v) is 18.5. The summed E-state index contributed by atoms with van der Waals surface area (Å²) < 4.78 is 2.17. The Hall–Kier alpha value is -0.870. The molecule has 2 saturated heterocycles. The van der Waals surface area contributed by atoms with Crippen molar-refractivity contribution in [2.24, 2.45) is 23.2 Å². The summed E-state index contributed by atoms with van der Waals surface area (Å²) in [5, 5.41) is 4.52. The summed E-state index contributed by atoms with van der Waals surface area (Å²) in [6.07, 6.45) is 12.6. The lowest BCUT2D eigenvalue weighted by Crippen LogP contribution is -2.39. The van der Waals surface area contributed by atoms with Crippen LogP contribution in [0, 0.1) is 23.2 Å². The van der Waals surface area contributed by atoms with Crippen LogP contribution in [0.5, 0.6) is 0 Å². The number of rotatable bonds is 7. The molecule has 0 N–H and O–H groups in total. The van der Waals surface area contributed by atoms with Gasteiger partial charge in [0, 0.05) is 31.0 Å². The lowest BCUT2D eigenvalue weighted by atomic mass is 9.90. The number of fused-ring (bicyclic) bond motifs is 1. The first-order valence-corrected chi connectivity index (χ1v) is 11.9. The summed E-state index contributed by atoms with van der Waals surface area (Å²) in [6, 6.07) is 3.69. The van der Waals surface area contributed by atoms with E-state index >= 15 is 0 Å². The molecule has 0 bridgehead atoms. The van der Waals surface area contributed by atoms with E-state index in [2.05, 4.69) is 59.5 Å². The molecule has 0 aromatic carbocycles. The fraction of sp³-hybridized carbons (Fsp3) is 0.875. The van der Waals surface area contributed by atoms with Gasteiger partial charge >= 0.3 is 0 Å². The fourth-order valence-electron chi connectivity index (χ4n) is 7.17. The maximum atomic E-state index is 4.52. The molecule has 1 aromatic rings. The molecule has 2 aliphatic carbocycles.